The second-order valence-electron chi connectivity index (χ2n) is 7.15. The molecule has 0 aliphatic heterocycles. The minimum Gasteiger partial charge on any atom is -0.338 e. The van der Waals surface area contributed by atoms with E-state index < -0.39 is 6.03 Å². The Morgan fingerprint density at radius 1 is 1.28 bits per heavy atom. The summed E-state index contributed by atoms with van der Waals surface area (Å²) in [5.41, 5.74) is 2.20. The number of aromatic nitrogens is 2. The standard InChI is InChI=1S/C18H30N4O2S/c1-12(2)9-10-19-17(24)21-16(23)11-25-18-20-13(3)14(4)22(18)15-7-5-6-8-15/h12,15H,5-11H2,1-4H3,(H2,19,21,23,24). The molecule has 0 atom stereocenters. The van der Waals surface area contributed by atoms with Gasteiger partial charge in [-0.2, -0.15) is 0 Å². The lowest BCUT2D eigenvalue weighted by Crippen LogP contribution is -2.40. The molecule has 25 heavy (non-hydrogen) atoms. The molecule has 0 bridgehead atoms. The average molecular weight is 367 g/mol. The van der Waals surface area contributed by atoms with Crippen LogP contribution in [0.3, 0.4) is 0 Å². The van der Waals surface area contributed by atoms with Crippen LogP contribution in [0.1, 0.15) is 63.4 Å². The Labute approximate surface area is 154 Å². The number of amides is 3. The fourth-order valence-electron chi connectivity index (χ4n) is 3.10. The predicted molar refractivity (Wildman–Crippen MR) is 101 cm³/mol. The molecule has 1 fully saturated rings. The molecular weight excluding hydrogens is 336 g/mol. The van der Waals surface area contributed by atoms with Gasteiger partial charge in [0.1, 0.15) is 0 Å². The van der Waals surface area contributed by atoms with Gasteiger partial charge in [0.05, 0.1) is 11.4 Å². The van der Waals surface area contributed by atoms with Crippen molar-refractivity contribution in [3.05, 3.63) is 11.4 Å². The summed E-state index contributed by atoms with van der Waals surface area (Å²) in [7, 11) is 0. The fourth-order valence-corrected chi connectivity index (χ4v) is 4.06. The van der Waals surface area contributed by atoms with E-state index in [4.69, 9.17) is 0 Å². The molecule has 0 spiro atoms. The predicted octanol–water partition coefficient (Wildman–Crippen LogP) is 3.58. The summed E-state index contributed by atoms with van der Waals surface area (Å²) in [6.07, 6.45) is 5.75. The van der Waals surface area contributed by atoms with Gasteiger partial charge in [0.2, 0.25) is 5.91 Å². The van der Waals surface area contributed by atoms with Crippen LogP contribution < -0.4 is 10.6 Å². The molecule has 2 N–H and O–H groups in total. The van der Waals surface area contributed by atoms with Gasteiger partial charge in [-0.15, -0.1) is 0 Å². The maximum Gasteiger partial charge on any atom is 0.321 e. The number of urea groups is 1. The summed E-state index contributed by atoms with van der Waals surface area (Å²) < 4.78 is 2.28. The van der Waals surface area contributed by atoms with Crippen molar-refractivity contribution in [1.82, 2.24) is 20.2 Å². The summed E-state index contributed by atoms with van der Waals surface area (Å²) in [5, 5.41) is 5.99. The molecule has 0 radical (unpaired) electrons. The van der Waals surface area contributed by atoms with Gasteiger partial charge in [-0.25, -0.2) is 9.78 Å². The Hall–Kier alpha value is -1.50. The van der Waals surface area contributed by atoms with Gasteiger partial charge in [-0.05, 0) is 39.0 Å². The number of nitrogens with one attached hydrogen (secondary N) is 2. The van der Waals surface area contributed by atoms with E-state index in [-0.39, 0.29) is 11.7 Å². The van der Waals surface area contributed by atoms with Crippen LogP contribution in [-0.2, 0) is 4.79 Å². The zero-order valence-electron chi connectivity index (χ0n) is 15.7. The highest BCUT2D eigenvalue weighted by Gasteiger charge is 2.23. The normalized spacial score (nSPS) is 14.9. The number of hydrogen-bond donors (Lipinski definition) is 2. The number of hydrogen-bond acceptors (Lipinski definition) is 4. The third kappa shape index (κ3) is 5.76. The second-order valence-corrected chi connectivity index (χ2v) is 8.09. The molecule has 0 unspecified atom stereocenters. The molecule has 7 heteroatoms. The summed E-state index contributed by atoms with van der Waals surface area (Å²) >= 11 is 1.41. The topological polar surface area (TPSA) is 76.0 Å². The Balaban J connectivity index is 1.85. The lowest BCUT2D eigenvalue weighted by atomic mass is 10.1. The van der Waals surface area contributed by atoms with E-state index in [0.29, 0.717) is 18.5 Å². The fraction of sp³-hybridized carbons (Fsp3) is 0.722. The van der Waals surface area contributed by atoms with Crippen molar-refractivity contribution >= 4 is 23.7 Å². The Morgan fingerprint density at radius 2 is 1.96 bits per heavy atom. The number of imide groups is 1. The molecule has 1 aliphatic rings. The maximum absolute atomic E-state index is 12.0. The van der Waals surface area contributed by atoms with Crippen LogP contribution in [0.25, 0.3) is 0 Å². The summed E-state index contributed by atoms with van der Waals surface area (Å²) in [5.74, 6) is 0.427. The molecule has 0 aromatic carbocycles. The van der Waals surface area contributed by atoms with E-state index in [1.165, 1.54) is 43.1 Å². The van der Waals surface area contributed by atoms with Crippen LogP contribution in [0.4, 0.5) is 4.79 Å². The zero-order valence-corrected chi connectivity index (χ0v) is 16.5. The molecule has 1 saturated carbocycles. The van der Waals surface area contributed by atoms with Crippen molar-refractivity contribution in [3.8, 4) is 0 Å². The van der Waals surface area contributed by atoms with Gasteiger partial charge in [0.15, 0.2) is 5.16 Å². The lowest BCUT2D eigenvalue weighted by molar-refractivity contribution is -0.117. The average Bonchev–Trinajstić information content (AvgIpc) is 3.14. The Kier molecular flexibility index (Phi) is 7.35. The number of imidazole rings is 1. The number of thioether (sulfide) groups is 1. The van der Waals surface area contributed by atoms with E-state index in [1.54, 1.807) is 0 Å². The van der Waals surface area contributed by atoms with E-state index in [1.807, 2.05) is 6.92 Å². The Bertz CT molecular complexity index is 606. The van der Waals surface area contributed by atoms with Crippen molar-refractivity contribution in [1.29, 1.82) is 0 Å². The van der Waals surface area contributed by atoms with Crippen LogP contribution >= 0.6 is 11.8 Å². The van der Waals surface area contributed by atoms with Crippen LogP contribution in [0.2, 0.25) is 0 Å². The summed E-state index contributed by atoms with van der Waals surface area (Å²) in [6, 6.07) is 0.0730. The molecule has 1 aromatic heterocycles. The van der Waals surface area contributed by atoms with Gasteiger partial charge in [-0.3, -0.25) is 10.1 Å². The number of nitrogens with zero attached hydrogens (tertiary/aromatic N) is 2. The molecule has 2 rings (SSSR count). The number of aryl methyl sites for hydroxylation is 1. The lowest BCUT2D eigenvalue weighted by Gasteiger charge is -2.16. The highest BCUT2D eigenvalue weighted by atomic mass is 32.2. The summed E-state index contributed by atoms with van der Waals surface area (Å²) in [6.45, 7) is 8.87. The van der Waals surface area contributed by atoms with Crippen molar-refractivity contribution in [2.24, 2.45) is 5.92 Å². The van der Waals surface area contributed by atoms with E-state index in [9.17, 15) is 9.59 Å². The van der Waals surface area contributed by atoms with Gasteiger partial charge < -0.3 is 9.88 Å². The summed E-state index contributed by atoms with van der Waals surface area (Å²) in [4.78, 5) is 28.3. The van der Waals surface area contributed by atoms with E-state index >= 15 is 0 Å². The first kappa shape index (κ1) is 19.8. The number of rotatable bonds is 7. The molecule has 3 amide bonds. The van der Waals surface area contributed by atoms with Gasteiger partial charge in [0.25, 0.3) is 0 Å². The molecule has 1 aromatic rings. The molecule has 0 saturated heterocycles. The number of carbonyl (C=O) groups is 2. The zero-order chi connectivity index (χ0) is 18.4. The highest BCUT2D eigenvalue weighted by Crippen LogP contribution is 2.35. The van der Waals surface area contributed by atoms with Crippen LogP contribution in [0, 0.1) is 19.8 Å². The first-order chi connectivity index (χ1) is 11.9. The molecular formula is C18H30N4O2S. The first-order valence-electron chi connectivity index (χ1n) is 9.14. The van der Waals surface area contributed by atoms with E-state index in [2.05, 4.69) is 41.0 Å². The quantitative estimate of drug-likeness (QED) is 0.723. The maximum atomic E-state index is 12.0. The third-order valence-electron chi connectivity index (χ3n) is 4.64. The Morgan fingerprint density at radius 3 is 2.60 bits per heavy atom. The molecule has 1 aliphatic carbocycles. The van der Waals surface area contributed by atoms with Crippen LogP contribution in [-0.4, -0.2) is 33.8 Å². The molecule has 1 heterocycles. The third-order valence-corrected chi connectivity index (χ3v) is 5.59. The monoisotopic (exact) mass is 366 g/mol. The van der Waals surface area contributed by atoms with Crippen LogP contribution in [0.5, 0.6) is 0 Å². The molecule has 6 nitrogen and oxygen atoms in total. The van der Waals surface area contributed by atoms with Crippen LogP contribution in [0.15, 0.2) is 5.16 Å². The van der Waals surface area contributed by atoms with Crippen molar-refractivity contribution < 1.29 is 9.59 Å². The second kappa shape index (κ2) is 9.27. The minimum absolute atomic E-state index is 0.195. The smallest absolute Gasteiger partial charge is 0.321 e. The van der Waals surface area contributed by atoms with Gasteiger partial charge in [0, 0.05) is 18.3 Å². The highest BCUT2D eigenvalue weighted by molar-refractivity contribution is 7.99. The van der Waals surface area contributed by atoms with Crippen molar-refractivity contribution in [3.63, 3.8) is 0 Å². The van der Waals surface area contributed by atoms with Gasteiger partial charge >= 0.3 is 6.03 Å². The van der Waals surface area contributed by atoms with Gasteiger partial charge in [-0.1, -0.05) is 38.5 Å². The SMILES string of the molecule is Cc1nc(SCC(=O)NC(=O)NCCC(C)C)n(C2CCCC2)c1C. The van der Waals surface area contributed by atoms with Crippen molar-refractivity contribution in [2.75, 3.05) is 12.3 Å². The largest absolute Gasteiger partial charge is 0.338 e. The minimum atomic E-state index is -0.419. The van der Waals surface area contributed by atoms with E-state index in [0.717, 1.165) is 17.3 Å². The molecule has 140 valence electrons. The first-order valence-corrected chi connectivity index (χ1v) is 10.1. The van der Waals surface area contributed by atoms with Crippen molar-refractivity contribution in [2.45, 2.75) is 71.0 Å². The number of carbonyl (C=O) groups excluding carboxylic acids is 2.